The molecular weight excluding hydrogens is 456 g/mol. The largest absolute Gasteiger partial charge is 0.379 e. The molecule has 0 aliphatic carbocycles. The first-order valence-corrected chi connectivity index (χ1v) is 12.9. The number of nitrogens with zero attached hydrogens (tertiary/aromatic N) is 5. The predicted molar refractivity (Wildman–Crippen MR) is 141 cm³/mol. The number of pyridine rings is 2. The Bertz CT molecular complexity index is 1130. The van der Waals surface area contributed by atoms with Gasteiger partial charge in [-0.05, 0) is 73.9 Å². The third-order valence-electron chi connectivity index (χ3n) is 7.20. The molecule has 5 rings (SSSR count). The van der Waals surface area contributed by atoms with Crippen LogP contribution in [0.2, 0.25) is 0 Å². The van der Waals surface area contributed by atoms with Crippen molar-refractivity contribution in [3.8, 4) is 0 Å². The molecule has 0 spiro atoms. The zero-order valence-electron chi connectivity index (χ0n) is 20.6. The molecule has 2 aliphatic heterocycles. The quantitative estimate of drug-likeness (QED) is 0.484. The van der Waals surface area contributed by atoms with Gasteiger partial charge in [0.05, 0.1) is 31.0 Å². The summed E-state index contributed by atoms with van der Waals surface area (Å²) in [5.41, 5.74) is 6.10. The molecule has 3 aromatic heterocycles. The van der Waals surface area contributed by atoms with Crippen LogP contribution < -0.4 is 5.32 Å². The molecule has 7 nitrogen and oxygen atoms in total. The number of aryl methyl sites for hydroxylation is 1. The van der Waals surface area contributed by atoms with Crippen molar-refractivity contribution in [3.05, 3.63) is 83.2 Å². The van der Waals surface area contributed by atoms with E-state index in [1.807, 2.05) is 24.7 Å². The van der Waals surface area contributed by atoms with Gasteiger partial charge in [0, 0.05) is 62.7 Å². The molecule has 1 N–H and O–H groups in total. The first-order chi connectivity index (χ1) is 17.1. The topological polar surface area (TPSA) is 58.5 Å². The second-order valence-corrected chi connectivity index (χ2v) is 9.78. The Morgan fingerprint density at radius 3 is 2.60 bits per heavy atom. The van der Waals surface area contributed by atoms with E-state index in [0.29, 0.717) is 0 Å². The van der Waals surface area contributed by atoms with Gasteiger partial charge >= 0.3 is 0 Å². The van der Waals surface area contributed by atoms with Gasteiger partial charge < -0.3 is 19.5 Å². The van der Waals surface area contributed by atoms with Crippen molar-refractivity contribution in [1.29, 1.82) is 0 Å². The molecule has 0 amide bonds. The standard InChI is InChI=1S/C27H34N6OS/c1-20-18-23(21(2)33(20)19-22-7-10-28-11-8-22)26-25(24-6-3-4-9-29-24)30-27(35)32(26)13-5-12-31-14-16-34-17-15-31/h3-4,6-11,18,25-26H,5,12-17,19H2,1-2H3,(H,30,35)/t25-,26-/m0/s1. The van der Waals surface area contributed by atoms with Gasteiger partial charge in [0.2, 0.25) is 0 Å². The molecule has 5 heterocycles. The van der Waals surface area contributed by atoms with Crippen molar-refractivity contribution in [2.24, 2.45) is 0 Å². The molecule has 2 atom stereocenters. The van der Waals surface area contributed by atoms with E-state index in [2.05, 4.69) is 68.8 Å². The number of thiocarbonyl (C=S) groups is 1. The number of aromatic nitrogens is 3. The lowest BCUT2D eigenvalue weighted by atomic mass is 9.96. The third-order valence-corrected chi connectivity index (χ3v) is 7.55. The van der Waals surface area contributed by atoms with Crippen LogP contribution in [0.4, 0.5) is 0 Å². The Morgan fingerprint density at radius 2 is 1.86 bits per heavy atom. The molecule has 0 aromatic carbocycles. The van der Waals surface area contributed by atoms with Crippen molar-refractivity contribution < 1.29 is 4.74 Å². The van der Waals surface area contributed by atoms with Crippen molar-refractivity contribution in [2.45, 2.75) is 38.9 Å². The van der Waals surface area contributed by atoms with E-state index in [1.165, 1.54) is 22.5 Å². The molecule has 3 aromatic rings. The van der Waals surface area contributed by atoms with Crippen LogP contribution >= 0.6 is 12.2 Å². The molecule has 2 aliphatic rings. The van der Waals surface area contributed by atoms with Crippen LogP contribution in [0.3, 0.4) is 0 Å². The first kappa shape index (κ1) is 23.9. The predicted octanol–water partition coefficient (Wildman–Crippen LogP) is 3.64. The summed E-state index contributed by atoms with van der Waals surface area (Å²) in [5, 5.41) is 4.42. The summed E-state index contributed by atoms with van der Waals surface area (Å²) in [6.07, 6.45) is 6.64. The number of rotatable bonds is 8. The van der Waals surface area contributed by atoms with Crippen LogP contribution in [0.15, 0.2) is 55.0 Å². The van der Waals surface area contributed by atoms with Gasteiger partial charge in [-0.2, -0.15) is 0 Å². The minimum absolute atomic E-state index is 0.0157. The molecule has 184 valence electrons. The molecule has 0 radical (unpaired) electrons. The smallest absolute Gasteiger partial charge is 0.170 e. The minimum Gasteiger partial charge on any atom is -0.379 e. The minimum atomic E-state index is 0.0157. The average molecular weight is 491 g/mol. The SMILES string of the molecule is Cc1cc([C@H]2[C@H](c3ccccn3)NC(=S)N2CCCN2CCOCC2)c(C)n1Cc1ccncc1. The van der Waals surface area contributed by atoms with Gasteiger partial charge in [-0.3, -0.25) is 14.9 Å². The van der Waals surface area contributed by atoms with Gasteiger partial charge in [0.1, 0.15) is 0 Å². The summed E-state index contributed by atoms with van der Waals surface area (Å²) in [7, 11) is 0. The maximum Gasteiger partial charge on any atom is 0.170 e. The summed E-state index contributed by atoms with van der Waals surface area (Å²) >= 11 is 5.89. The van der Waals surface area contributed by atoms with E-state index >= 15 is 0 Å². The van der Waals surface area contributed by atoms with Gasteiger partial charge in [0.15, 0.2) is 5.11 Å². The van der Waals surface area contributed by atoms with Gasteiger partial charge in [0.25, 0.3) is 0 Å². The van der Waals surface area contributed by atoms with Gasteiger partial charge in [-0.15, -0.1) is 0 Å². The van der Waals surface area contributed by atoms with Crippen molar-refractivity contribution in [3.63, 3.8) is 0 Å². The normalized spacial score (nSPS) is 20.9. The second kappa shape index (κ2) is 10.8. The fraction of sp³-hybridized carbons (Fsp3) is 0.444. The van der Waals surface area contributed by atoms with Crippen LogP contribution in [-0.4, -0.2) is 68.8 Å². The fourth-order valence-electron chi connectivity index (χ4n) is 5.32. The zero-order valence-corrected chi connectivity index (χ0v) is 21.4. The van der Waals surface area contributed by atoms with E-state index in [-0.39, 0.29) is 12.1 Å². The van der Waals surface area contributed by atoms with Crippen LogP contribution in [0.25, 0.3) is 0 Å². The summed E-state index contributed by atoms with van der Waals surface area (Å²) in [5.74, 6) is 0. The summed E-state index contributed by atoms with van der Waals surface area (Å²) in [6, 6.07) is 12.7. The summed E-state index contributed by atoms with van der Waals surface area (Å²) in [4.78, 5) is 13.7. The highest BCUT2D eigenvalue weighted by atomic mass is 32.1. The fourth-order valence-corrected chi connectivity index (χ4v) is 5.65. The zero-order chi connectivity index (χ0) is 24.2. The Hall–Kier alpha value is -2.81. The highest BCUT2D eigenvalue weighted by Crippen LogP contribution is 2.41. The lowest BCUT2D eigenvalue weighted by Crippen LogP contribution is -2.39. The number of hydrogen-bond donors (Lipinski definition) is 1. The molecule has 2 saturated heterocycles. The van der Waals surface area contributed by atoms with Crippen LogP contribution in [0.5, 0.6) is 0 Å². The maximum atomic E-state index is 5.89. The van der Waals surface area contributed by atoms with Crippen molar-refractivity contribution >= 4 is 17.3 Å². The Labute approximate surface area is 213 Å². The molecular formula is C27H34N6OS. The van der Waals surface area contributed by atoms with E-state index in [9.17, 15) is 0 Å². The molecule has 8 heteroatoms. The van der Waals surface area contributed by atoms with Crippen molar-refractivity contribution in [2.75, 3.05) is 39.4 Å². The molecule has 0 unspecified atom stereocenters. The first-order valence-electron chi connectivity index (χ1n) is 12.5. The van der Waals surface area contributed by atoms with Crippen molar-refractivity contribution in [1.82, 2.24) is 29.7 Å². The van der Waals surface area contributed by atoms with Crippen LogP contribution in [0, 0.1) is 13.8 Å². The number of ether oxygens (including phenoxy) is 1. The average Bonchev–Trinajstić information content (AvgIpc) is 3.36. The molecule has 0 bridgehead atoms. The third kappa shape index (κ3) is 5.24. The molecule has 2 fully saturated rings. The summed E-state index contributed by atoms with van der Waals surface area (Å²) < 4.78 is 7.90. The Balaban J connectivity index is 1.43. The monoisotopic (exact) mass is 490 g/mol. The number of hydrogen-bond acceptors (Lipinski definition) is 5. The number of morpholine rings is 1. The van der Waals surface area contributed by atoms with Crippen LogP contribution in [0.1, 0.15) is 46.7 Å². The second-order valence-electron chi connectivity index (χ2n) is 9.40. The van der Waals surface area contributed by atoms with E-state index in [0.717, 1.165) is 63.2 Å². The Morgan fingerprint density at radius 1 is 1.06 bits per heavy atom. The van der Waals surface area contributed by atoms with E-state index in [4.69, 9.17) is 21.9 Å². The van der Waals surface area contributed by atoms with Gasteiger partial charge in [-0.1, -0.05) is 6.07 Å². The lowest BCUT2D eigenvalue weighted by Gasteiger charge is -2.30. The Kier molecular flexibility index (Phi) is 7.41. The molecule has 35 heavy (non-hydrogen) atoms. The highest BCUT2D eigenvalue weighted by molar-refractivity contribution is 7.80. The summed E-state index contributed by atoms with van der Waals surface area (Å²) in [6.45, 7) is 10.9. The van der Waals surface area contributed by atoms with Gasteiger partial charge in [-0.25, -0.2) is 0 Å². The maximum absolute atomic E-state index is 5.89. The molecule has 0 saturated carbocycles. The van der Waals surface area contributed by atoms with E-state index < -0.39 is 0 Å². The highest BCUT2D eigenvalue weighted by Gasteiger charge is 2.41. The lowest BCUT2D eigenvalue weighted by molar-refractivity contribution is 0.0365. The van der Waals surface area contributed by atoms with E-state index in [1.54, 1.807) is 0 Å². The number of nitrogens with one attached hydrogen (secondary N) is 1. The van der Waals surface area contributed by atoms with Crippen LogP contribution in [-0.2, 0) is 11.3 Å².